The summed E-state index contributed by atoms with van der Waals surface area (Å²) in [5.74, 6) is -2.23. The number of carboxylic acids is 1. The van der Waals surface area contributed by atoms with E-state index in [0.717, 1.165) is 25.9 Å². The van der Waals surface area contributed by atoms with Crippen LogP contribution in [0.4, 0.5) is 13.2 Å². The van der Waals surface area contributed by atoms with Crippen molar-refractivity contribution < 1.29 is 32.6 Å². The molecule has 1 saturated heterocycles. The highest BCUT2D eigenvalue weighted by molar-refractivity contribution is 5.75. The van der Waals surface area contributed by atoms with Gasteiger partial charge in [-0.2, -0.15) is 13.2 Å². The van der Waals surface area contributed by atoms with Crippen LogP contribution in [0.25, 0.3) is 0 Å². The Morgan fingerprint density at radius 3 is 2.27 bits per heavy atom. The summed E-state index contributed by atoms with van der Waals surface area (Å²) in [6, 6.07) is 9.23. The molecule has 2 rings (SSSR count). The molecule has 1 unspecified atom stereocenters. The fourth-order valence-corrected chi connectivity index (χ4v) is 1.74. The number of ether oxygens (including phenoxy) is 1. The molecule has 0 bridgehead atoms. The SMILES string of the molecule is O=C(O)C(F)(F)F.O=C(Oc1ccccc1)C1CCCNC1. The third-order valence-corrected chi connectivity index (χ3v) is 2.83. The van der Waals surface area contributed by atoms with Crippen LogP contribution in [0.3, 0.4) is 0 Å². The number of halogens is 3. The first-order valence-corrected chi connectivity index (χ1v) is 6.58. The zero-order valence-corrected chi connectivity index (χ0v) is 11.6. The monoisotopic (exact) mass is 319 g/mol. The third-order valence-electron chi connectivity index (χ3n) is 2.83. The Morgan fingerprint density at radius 1 is 1.23 bits per heavy atom. The van der Waals surface area contributed by atoms with Crippen LogP contribution >= 0.6 is 0 Å². The molecule has 8 heteroatoms. The molecule has 0 aromatic heterocycles. The molecule has 0 aliphatic carbocycles. The van der Waals surface area contributed by atoms with Crippen molar-refractivity contribution in [1.82, 2.24) is 5.32 Å². The Bertz CT molecular complexity index is 485. The largest absolute Gasteiger partial charge is 0.490 e. The van der Waals surface area contributed by atoms with Gasteiger partial charge >= 0.3 is 18.1 Å². The zero-order valence-electron chi connectivity index (χ0n) is 11.6. The second-order valence-electron chi connectivity index (χ2n) is 4.58. The Hall–Kier alpha value is -2.09. The third kappa shape index (κ3) is 6.57. The Morgan fingerprint density at radius 2 is 1.82 bits per heavy atom. The molecule has 0 saturated carbocycles. The van der Waals surface area contributed by atoms with E-state index in [-0.39, 0.29) is 11.9 Å². The predicted octanol–water partition coefficient (Wildman–Crippen LogP) is 2.22. The number of hydrogen-bond donors (Lipinski definition) is 2. The minimum absolute atomic E-state index is 0.0129. The van der Waals surface area contributed by atoms with Crippen LogP contribution in [0.15, 0.2) is 30.3 Å². The van der Waals surface area contributed by atoms with E-state index in [0.29, 0.717) is 5.75 Å². The average molecular weight is 319 g/mol. The lowest BCUT2D eigenvalue weighted by molar-refractivity contribution is -0.192. The van der Waals surface area contributed by atoms with Crippen molar-refractivity contribution in [3.8, 4) is 5.75 Å². The number of alkyl halides is 3. The van der Waals surface area contributed by atoms with Crippen molar-refractivity contribution in [3.63, 3.8) is 0 Å². The lowest BCUT2D eigenvalue weighted by Crippen LogP contribution is -2.36. The molecule has 0 radical (unpaired) electrons. The summed E-state index contributed by atoms with van der Waals surface area (Å²) in [5.41, 5.74) is 0. The molecule has 2 N–H and O–H groups in total. The molecule has 1 atom stereocenters. The summed E-state index contributed by atoms with van der Waals surface area (Å²) in [5, 5.41) is 10.3. The molecule has 0 spiro atoms. The summed E-state index contributed by atoms with van der Waals surface area (Å²) >= 11 is 0. The Kier molecular flexibility index (Phi) is 6.84. The van der Waals surface area contributed by atoms with E-state index in [1.54, 1.807) is 12.1 Å². The summed E-state index contributed by atoms with van der Waals surface area (Å²) in [7, 11) is 0. The molecule has 5 nitrogen and oxygen atoms in total. The van der Waals surface area contributed by atoms with E-state index in [4.69, 9.17) is 14.6 Å². The highest BCUT2D eigenvalue weighted by Crippen LogP contribution is 2.15. The number of benzene rings is 1. The number of carboxylic acid groups (broad SMARTS) is 1. The molecule has 22 heavy (non-hydrogen) atoms. The van der Waals surface area contributed by atoms with Gasteiger partial charge in [0.25, 0.3) is 0 Å². The van der Waals surface area contributed by atoms with Crippen molar-refractivity contribution in [1.29, 1.82) is 0 Å². The molecule has 1 heterocycles. The standard InChI is InChI=1S/C12H15NO2.C2HF3O2/c14-12(10-5-4-8-13-9-10)15-11-6-2-1-3-7-11;3-2(4,5)1(6)7/h1-3,6-7,10,13H,4-5,8-9H2;(H,6,7). The number of nitrogens with one attached hydrogen (secondary N) is 1. The molecular weight excluding hydrogens is 303 g/mol. The van der Waals surface area contributed by atoms with Crippen molar-refractivity contribution in [3.05, 3.63) is 30.3 Å². The number of aliphatic carboxylic acids is 1. The fraction of sp³-hybridized carbons (Fsp3) is 0.429. The first kappa shape index (κ1) is 18.0. The molecule has 1 aromatic carbocycles. The maximum absolute atomic E-state index is 11.7. The van der Waals surface area contributed by atoms with Gasteiger partial charge in [-0.1, -0.05) is 18.2 Å². The van der Waals surface area contributed by atoms with E-state index in [2.05, 4.69) is 5.32 Å². The molecule has 1 aliphatic heterocycles. The normalized spacial score (nSPS) is 17.9. The zero-order chi connectivity index (χ0) is 16.6. The minimum Gasteiger partial charge on any atom is -0.475 e. The van der Waals surface area contributed by atoms with Gasteiger partial charge < -0.3 is 15.2 Å². The lowest BCUT2D eigenvalue weighted by atomic mass is 10.0. The quantitative estimate of drug-likeness (QED) is 0.646. The van der Waals surface area contributed by atoms with E-state index in [9.17, 15) is 18.0 Å². The van der Waals surface area contributed by atoms with Crippen LogP contribution in [-0.2, 0) is 9.59 Å². The number of carbonyl (C=O) groups is 2. The Balaban J connectivity index is 0.000000295. The van der Waals surface area contributed by atoms with Gasteiger partial charge in [0, 0.05) is 6.54 Å². The van der Waals surface area contributed by atoms with Crippen LogP contribution in [0.1, 0.15) is 12.8 Å². The van der Waals surface area contributed by atoms with Crippen LogP contribution in [0.2, 0.25) is 0 Å². The fourth-order valence-electron chi connectivity index (χ4n) is 1.74. The van der Waals surface area contributed by atoms with E-state index in [1.807, 2.05) is 18.2 Å². The topological polar surface area (TPSA) is 75.6 Å². The van der Waals surface area contributed by atoms with Crippen LogP contribution in [-0.4, -0.2) is 36.3 Å². The van der Waals surface area contributed by atoms with Crippen molar-refractivity contribution in [2.45, 2.75) is 19.0 Å². The van der Waals surface area contributed by atoms with Crippen molar-refractivity contribution >= 4 is 11.9 Å². The van der Waals surface area contributed by atoms with E-state index in [1.165, 1.54) is 0 Å². The minimum atomic E-state index is -5.08. The number of hydrogen-bond acceptors (Lipinski definition) is 4. The average Bonchev–Trinajstić information content (AvgIpc) is 2.49. The molecular formula is C14H16F3NO4. The van der Waals surface area contributed by atoms with Gasteiger partial charge in [-0.25, -0.2) is 4.79 Å². The number of rotatable bonds is 2. The first-order valence-electron chi connectivity index (χ1n) is 6.58. The summed E-state index contributed by atoms with van der Waals surface area (Å²) < 4.78 is 37.0. The molecule has 1 aliphatic rings. The van der Waals surface area contributed by atoms with Gasteiger partial charge in [0.05, 0.1) is 5.92 Å². The van der Waals surface area contributed by atoms with E-state index >= 15 is 0 Å². The highest BCUT2D eigenvalue weighted by Gasteiger charge is 2.38. The molecule has 122 valence electrons. The van der Waals surface area contributed by atoms with E-state index < -0.39 is 12.1 Å². The number of piperidine rings is 1. The van der Waals surface area contributed by atoms with Crippen LogP contribution in [0.5, 0.6) is 5.75 Å². The highest BCUT2D eigenvalue weighted by atomic mass is 19.4. The predicted molar refractivity (Wildman–Crippen MR) is 71.4 cm³/mol. The smallest absolute Gasteiger partial charge is 0.475 e. The summed E-state index contributed by atoms with van der Waals surface area (Å²) in [6.07, 6.45) is -3.10. The molecule has 1 aromatic rings. The van der Waals surface area contributed by atoms with Crippen LogP contribution < -0.4 is 10.1 Å². The Labute approximate surface area is 125 Å². The van der Waals surface area contributed by atoms with Crippen molar-refractivity contribution in [2.75, 3.05) is 13.1 Å². The maximum atomic E-state index is 11.7. The lowest BCUT2D eigenvalue weighted by Gasteiger charge is -2.20. The number of carbonyl (C=O) groups excluding carboxylic acids is 1. The van der Waals surface area contributed by atoms with Gasteiger partial charge in [-0.3, -0.25) is 4.79 Å². The van der Waals surface area contributed by atoms with Crippen molar-refractivity contribution in [2.24, 2.45) is 5.92 Å². The number of para-hydroxylation sites is 1. The first-order chi connectivity index (χ1) is 10.3. The summed E-state index contributed by atoms with van der Waals surface area (Å²) in [4.78, 5) is 20.6. The van der Waals surface area contributed by atoms with Gasteiger partial charge in [-0.15, -0.1) is 0 Å². The second-order valence-corrected chi connectivity index (χ2v) is 4.58. The van der Waals surface area contributed by atoms with Gasteiger partial charge in [-0.05, 0) is 31.5 Å². The van der Waals surface area contributed by atoms with Crippen LogP contribution in [0, 0.1) is 5.92 Å². The van der Waals surface area contributed by atoms with Gasteiger partial charge in [0.15, 0.2) is 0 Å². The molecule has 0 amide bonds. The van der Waals surface area contributed by atoms with Gasteiger partial charge in [0.2, 0.25) is 0 Å². The second kappa shape index (κ2) is 8.38. The molecule has 1 fully saturated rings. The summed E-state index contributed by atoms with van der Waals surface area (Å²) in [6.45, 7) is 1.75. The maximum Gasteiger partial charge on any atom is 0.490 e. The van der Waals surface area contributed by atoms with Gasteiger partial charge in [0.1, 0.15) is 5.75 Å². The number of esters is 1.